The SMILES string of the molecule is COC(=O)C(NC1CCCCC1)C(C)c1ccccc1. The third-order valence-electron chi connectivity index (χ3n) is 4.30. The van der Waals surface area contributed by atoms with E-state index in [1.54, 1.807) is 0 Å². The van der Waals surface area contributed by atoms with Gasteiger partial charge in [-0.15, -0.1) is 0 Å². The van der Waals surface area contributed by atoms with Crippen LogP contribution in [0.1, 0.15) is 50.5 Å². The number of rotatable bonds is 5. The second-order valence-electron chi connectivity index (χ2n) is 5.70. The summed E-state index contributed by atoms with van der Waals surface area (Å²) >= 11 is 0. The van der Waals surface area contributed by atoms with Crippen molar-refractivity contribution < 1.29 is 9.53 Å². The molecule has 3 heteroatoms. The molecule has 1 aliphatic carbocycles. The third-order valence-corrected chi connectivity index (χ3v) is 4.30. The molecule has 20 heavy (non-hydrogen) atoms. The maximum absolute atomic E-state index is 12.1. The fraction of sp³-hybridized carbons (Fsp3) is 0.588. The Bertz CT molecular complexity index is 412. The maximum Gasteiger partial charge on any atom is 0.323 e. The fourth-order valence-electron chi connectivity index (χ4n) is 3.02. The zero-order valence-electron chi connectivity index (χ0n) is 12.5. The zero-order chi connectivity index (χ0) is 14.4. The number of carbonyl (C=O) groups excluding carboxylic acids is 1. The van der Waals surface area contributed by atoms with Gasteiger partial charge in [0.25, 0.3) is 0 Å². The van der Waals surface area contributed by atoms with Crippen molar-refractivity contribution in [3.8, 4) is 0 Å². The summed E-state index contributed by atoms with van der Waals surface area (Å²) < 4.78 is 5.00. The van der Waals surface area contributed by atoms with E-state index >= 15 is 0 Å². The van der Waals surface area contributed by atoms with Crippen molar-refractivity contribution in [3.05, 3.63) is 35.9 Å². The molecule has 0 aliphatic heterocycles. The minimum Gasteiger partial charge on any atom is -0.468 e. The van der Waals surface area contributed by atoms with E-state index in [0.717, 1.165) is 12.8 Å². The number of esters is 1. The van der Waals surface area contributed by atoms with Crippen LogP contribution in [0.15, 0.2) is 30.3 Å². The molecule has 1 aromatic carbocycles. The summed E-state index contributed by atoms with van der Waals surface area (Å²) in [7, 11) is 1.47. The lowest BCUT2D eigenvalue weighted by Crippen LogP contribution is -2.47. The molecular weight excluding hydrogens is 250 g/mol. The molecule has 0 amide bonds. The molecule has 110 valence electrons. The summed E-state index contributed by atoms with van der Waals surface area (Å²) in [6, 6.07) is 10.4. The molecule has 2 unspecified atom stereocenters. The van der Waals surface area contributed by atoms with E-state index in [4.69, 9.17) is 4.74 Å². The van der Waals surface area contributed by atoms with Crippen molar-refractivity contribution in [2.45, 2.75) is 57.0 Å². The quantitative estimate of drug-likeness (QED) is 0.838. The average molecular weight is 275 g/mol. The first kappa shape index (κ1) is 15.0. The maximum atomic E-state index is 12.1. The molecule has 0 spiro atoms. The molecular formula is C17H25NO2. The minimum absolute atomic E-state index is 0.116. The van der Waals surface area contributed by atoms with E-state index in [1.807, 2.05) is 18.2 Å². The van der Waals surface area contributed by atoms with Crippen molar-refractivity contribution in [2.75, 3.05) is 7.11 Å². The van der Waals surface area contributed by atoms with E-state index in [1.165, 1.54) is 31.9 Å². The molecule has 2 atom stereocenters. The highest BCUT2D eigenvalue weighted by Crippen LogP contribution is 2.23. The molecule has 1 aromatic rings. The van der Waals surface area contributed by atoms with E-state index in [2.05, 4.69) is 24.4 Å². The van der Waals surface area contributed by atoms with Crippen LogP contribution in [0.5, 0.6) is 0 Å². The van der Waals surface area contributed by atoms with Gasteiger partial charge < -0.3 is 10.1 Å². The standard InChI is InChI=1S/C17H25NO2/c1-13(14-9-5-3-6-10-14)16(17(19)20-2)18-15-11-7-4-8-12-15/h3,5-6,9-10,13,15-16,18H,4,7-8,11-12H2,1-2H3. The third kappa shape index (κ3) is 3.83. The van der Waals surface area contributed by atoms with Crippen LogP contribution in [0, 0.1) is 0 Å². The predicted octanol–water partition coefficient (Wildman–Crippen LogP) is 3.25. The van der Waals surface area contributed by atoms with Gasteiger partial charge in [-0.3, -0.25) is 4.79 Å². The van der Waals surface area contributed by atoms with Gasteiger partial charge in [-0.1, -0.05) is 56.5 Å². The van der Waals surface area contributed by atoms with Crippen LogP contribution in [-0.2, 0) is 9.53 Å². The number of hydrogen-bond donors (Lipinski definition) is 1. The van der Waals surface area contributed by atoms with Crippen LogP contribution in [0.2, 0.25) is 0 Å². The van der Waals surface area contributed by atoms with Crippen LogP contribution in [-0.4, -0.2) is 25.2 Å². The zero-order valence-corrected chi connectivity index (χ0v) is 12.5. The van der Waals surface area contributed by atoms with Crippen LogP contribution >= 0.6 is 0 Å². The van der Waals surface area contributed by atoms with Gasteiger partial charge in [0, 0.05) is 12.0 Å². The molecule has 3 nitrogen and oxygen atoms in total. The number of benzene rings is 1. The Labute approximate surface area is 121 Å². The molecule has 1 fully saturated rings. The molecule has 0 bridgehead atoms. The van der Waals surface area contributed by atoms with Gasteiger partial charge in [0.05, 0.1) is 7.11 Å². The number of carbonyl (C=O) groups is 1. The number of methoxy groups -OCH3 is 1. The van der Waals surface area contributed by atoms with Gasteiger partial charge in [0.1, 0.15) is 6.04 Å². The summed E-state index contributed by atoms with van der Waals surface area (Å²) in [5.41, 5.74) is 1.17. The van der Waals surface area contributed by atoms with Crippen molar-refractivity contribution in [2.24, 2.45) is 0 Å². The van der Waals surface area contributed by atoms with Gasteiger partial charge in [0.2, 0.25) is 0 Å². The van der Waals surface area contributed by atoms with Crippen LogP contribution in [0.25, 0.3) is 0 Å². The highest BCUT2D eigenvalue weighted by molar-refractivity contribution is 5.77. The van der Waals surface area contributed by atoms with Crippen molar-refractivity contribution >= 4 is 5.97 Å². The van der Waals surface area contributed by atoms with Crippen LogP contribution in [0.3, 0.4) is 0 Å². The van der Waals surface area contributed by atoms with Crippen molar-refractivity contribution in [1.82, 2.24) is 5.32 Å². The van der Waals surface area contributed by atoms with Gasteiger partial charge in [-0.2, -0.15) is 0 Å². The highest BCUT2D eigenvalue weighted by atomic mass is 16.5. The number of ether oxygens (including phenoxy) is 1. The Kier molecular flexibility index (Phi) is 5.60. The largest absolute Gasteiger partial charge is 0.468 e. The molecule has 0 radical (unpaired) electrons. The van der Waals surface area contributed by atoms with Gasteiger partial charge in [0.15, 0.2) is 0 Å². The first-order chi connectivity index (χ1) is 9.72. The lowest BCUT2D eigenvalue weighted by atomic mass is 9.90. The van der Waals surface area contributed by atoms with E-state index in [-0.39, 0.29) is 17.9 Å². The Morgan fingerprint density at radius 1 is 1.20 bits per heavy atom. The lowest BCUT2D eigenvalue weighted by Gasteiger charge is -2.30. The van der Waals surface area contributed by atoms with Gasteiger partial charge in [-0.05, 0) is 18.4 Å². The van der Waals surface area contributed by atoms with Crippen molar-refractivity contribution in [3.63, 3.8) is 0 Å². The summed E-state index contributed by atoms with van der Waals surface area (Å²) in [5.74, 6) is -0.0440. The predicted molar refractivity (Wildman–Crippen MR) is 80.7 cm³/mol. The highest BCUT2D eigenvalue weighted by Gasteiger charge is 2.29. The average Bonchev–Trinajstić information content (AvgIpc) is 2.53. The minimum atomic E-state index is -0.259. The molecule has 1 aliphatic rings. The first-order valence-electron chi connectivity index (χ1n) is 7.61. The number of nitrogens with one attached hydrogen (secondary N) is 1. The molecule has 0 saturated heterocycles. The summed E-state index contributed by atoms with van der Waals surface area (Å²) in [5, 5.41) is 3.53. The Morgan fingerprint density at radius 2 is 1.85 bits per heavy atom. The Morgan fingerprint density at radius 3 is 2.45 bits per heavy atom. The molecule has 2 rings (SSSR count). The summed E-state index contributed by atoms with van der Waals surface area (Å²) in [4.78, 5) is 12.1. The Balaban J connectivity index is 2.08. The summed E-state index contributed by atoms with van der Waals surface area (Å²) in [6.45, 7) is 2.09. The molecule has 1 N–H and O–H groups in total. The monoisotopic (exact) mass is 275 g/mol. The second-order valence-corrected chi connectivity index (χ2v) is 5.70. The number of hydrogen-bond acceptors (Lipinski definition) is 3. The topological polar surface area (TPSA) is 38.3 Å². The summed E-state index contributed by atoms with van der Waals surface area (Å²) in [6.07, 6.45) is 6.15. The van der Waals surface area contributed by atoms with E-state index in [0.29, 0.717) is 6.04 Å². The normalized spacial score (nSPS) is 19.3. The van der Waals surface area contributed by atoms with Crippen LogP contribution in [0.4, 0.5) is 0 Å². The molecule has 0 heterocycles. The van der Waals surface area contributed by atoms with Crippen LogP contribution < -0.4 is 5.32 Å². The van der Waals surface area contributed by atoms with Gasteiger partial charge in [-0.25, -0.2) is 0 Å². The lowest BCUT2D eigenvalue weighted by molar-refractivity contribution is -0.144. The fourth-order valence-corrected chi connectivity index (χ4v) is 3.02. The smallest absolute Gasteiger partial charge is 0.323 e. The first-order valence-corrected chi connectivity index (χ1v) is 7.61. The molecule has 0 aromatic heterocycles. The van der Waals surface area contributed by atoms with Crippen molar-refractivity contribution in [1.29, 1.82) is 0 Å². The van der Waals surface area contributed by atoms with E-state index in [9.17, 15) is 4.79 Å². The molecule has 1 saturated carbocycles. The van der Waals surface area contributed by atoms with Gasteiger partial charge >= 0.3 is 5.97 Å². The second kappa shape index (κ2) is 7.44. The Hall–Kier alpha value is -1.35. The van der Waals surface area contributed by atoms with E-state index < -0.39 is 0 Å².